The van der Waals surface area contributed by atoms with Gasteiger partial charge in [0.15, 0.2) is 0 Å². The summed E-state index contributed by atoms with van der Waals surface area (Å²) in [7, 11) is -0.486. The van der Waals surface area contributed by atoms with Crippen molar-refractivity contribution < 1.29 is 22.3 Å². The molecule has 24 heavy (non-hydrogen) atoms. The fourth-order valence-corrected chi connectivity index (χ4v) is 3.37. The first kappa shape index (κ1) is 18.4. The highest BCUT2D eigenvalue weighted by Gasteiger charge is 2.17. The topological polar surface area (TPSA) is 64.6 Å². The molecule has 5 nitrogen and oxygen atoms in total. The van der Waals surface area contributed by atoms with Crippen LogP contribution in [0, 0.1) is 5.82 Å². The molecule has 0 aliphatic rings. The highest BCUT2D eigenvalue weighted by molar-refractivity contribution is 7.88. The third-order valence-electron chi connectivity index (χ3n) is 3.51. The Morgan fingerprint density at radius 1 is 1.12 bits per heavy atom. The molecule has 2 rings (SSSR count). The molecule has 1 N–H and O–H groups in total. The molecule has 1 atom stereocenters. The van der Waals surface area contributed by atoms with E-state index in [2.05, 4.69) is 4.72 Å². The van der Waals surface area contributed by atoms with Crippen molar-refractivity contribution in [3.05, 3.63) is 65.5 Å². The fourth-order valence-electron chi connectivity index (χ4n) is 2.23. The summed E-state index contributed by atoms with van der Waals surface area (Å²) in [6.07, 6.45) is -0.442. The molecule has 0 aromatic heterocycles. The number of hydrogen-bond donors (Lipinski definition) is 1. The van der Waals surface area contributed by atoms with Crippen molar-refractivity contribution in [1.29, 1.82) is 0 Å². The smallest absolute Gasteiger partial charge is 0.215 e. The largest absolute Gasteiger partial charge is 0.497 e. The third-order valence-corrected chi connectivity index (χ3v) is 4.83. The number of ether oxygens (including phenoxy) is 2. The number of benzene rings is 2. The van der Waals surface area contributed by atoms with Gasteiger partial charge in [-0.05, 0) is 35.4 Å². The number of rotatable bonds is 8. The predicted octanol–water partition coefficient (Wildman–Crippen LogP) is 2.64. The van der Waals surface area contributed by atoms with Crippen LogP contribution in [0.3, 0.4) is 0 Å². The summed E-state index contributed by atoms with van der Waals surface area (Å²) in [6.45, 7) is 0.0905. The monoisotopic (exact) mass is 353 g/mol. The van der Waals surface area contributed by atoms with Gasteiger partial charge in [0.05, 0.1) is 19.0 Å². The second-order valence-corrected chi connectivity index (χ2v) is 7.04. The van der Waals surface area contributed by atoms with Crippen molar-refractivity contribution in [2.24, 2.45) is 0 Å². The average Bonchev–Trinajstić information content (AvgIpc) is 2.57. The molecular weight excluding hydrogens is 333 g/mol. The van der Waals surface area contributed by atoms with Crippen molar-refractivity contribution in [2.45, 2.75) is 11.9 Å². The second kappa shape index (κ2) is 8.23. The average molecular weight is 353 g/mol. The normalized spacial score (nSPS) is 12.8. The van der Waals surface area contributed by atoms with Crippen molar-refractivity contribution in [3.63, 3.8) is 0 Å². The van der Waals surface area contributed by atoms with E-state index < -0.39 is 21.9 Å². The Morgan fingerprint density at radius 2 is 1.83 bits per heavy atom. The van der Waals surface area contributed by atoms with Gasteiger partial charge in [-0.1, -0.05) is 24.3 Å². The first-order valence-corrected chi connectivity index (χ1v) is 8.97. The van der Waals surface area contributed by atoms with Crippen LogP contribution in [0.5, 0.6) is 5.75 Å². The van der Waals surface area contributed by atoms with Crippen LogP contribution < -0.4 is 9.46 Å². The standard InChI is InChI=1S/C17H20FNO4S/c1-22-16-5-3-4-14(10-16)17(23-2)11-19-24(20,21)12-13-6-8-15(18)9-7-13/h3-10,17,19H,11-12H2,1-2H3. The van der Waals surface area contributed by atoms with Crippen LogP contribution >= 0.6 is 0 Å². The summed E-state index contributed by atoms with van der Waals surface area (Å²) in [4.78, 5) is 0. The molecule has 130 valence electrons. The Hall–Kier alpha value is -1.96. The van der Waals surface area contributed by atoms with Gasteiger partial charge in [-0.2, -0.15) is 0 Å². The summed E-state index contributed by atoms with van der Waals surface area (Å²) >= 11 is 0. The van der Waals surface area contributed by atoms with Crippen LogP contribution in [0.15, 0.2) is 48.5 Å². The second-order valence-electron chi connectivity index (χ2n) is 5.23. The Kier molecular flexibility index (Phi) is 6.30. The molecule has 0 saturated heterocycles. The lowest BCUT2D eigenvalue weighted by Gasteiger charge is -2.17. The van der Waals surface area contributed by atoms with E-state index in [0.717, 1.165) is 5.56 Å². The molecule has 0 amide bonds. The molecule has 0 aliphatic heterocycles. The minimum absolute atomic E-state index is 0.0905. The lowest BCUT2D eigenvalue weighted by molar-refractivity contribution is 0.107. The summed E-state index contributed by atoms with van der Waals surface area (Å²) in [5.41, 5.74) is 1.32. The molecule has 2 aromatic carbocycles. The lowest BCUT2D eigenvalue weighted by atomic mass is 10.1. The molecule has 0 bridgehead atoms. The van der Waals surface area contributed by atoms with E-state index in [-0.39, 0.29) is 12.3 Å². The molecule has 2 aromatic rings. The summed E-state index contributed by atoms with van der Waals surface area (Å²) in [5.74, 6) is 0.0484. The summed E-state index contributed by atoms with van der Waals surface area (Å²) < 4.78 is 50.3. The first-order chi connectivity index (χ1) is 11.4. The van der Waals surface area contributed by atoms with E-state index >= 15 is 0 Å². The minimum Gasteiger partial charge on any atom is -0.497 e. The zero-order chi connectivity index (χ0) is 17.6. The molecular formula is C17H20FNO4S. The molecule has 0 saturated carbocycles. The maximum atomic E-state index is 12.9. The summed E-state index contributed by atoms with van der Waals surface area (Å²) in [6, 6.07) is 12.6. The van der Waals surface area contributed by atoms with E-state index in [9.17, 15) is 12.8 Å². The van der Waals surface area contributed by atoms with Gasteiger partial charge in [0.25, 0.3) is 0 Å². The van der Waals surface area contributed by atoms with E-state index in [1.807, 2.05) is 12.1 Å². The van der Waals surface area contributed by atoms with Crippen LogP contribution in [0.25, 0.3) is 0 Å². The lowest BCUT2D eigenvalue weighted by Crippen LogP contribution is -2.30. The van der Waals surface area contributed by atoms with E-state index in [1.165, 1.54) is 31.4 Å². The van der Waals surface area contributed by atoms with Gasteiger partial charge in [0.2, 0.25) is 10.0 Å². The highest BCUT2D eigenvalue weighted by Crippen LogP contribution is 2.21. The molecule has 0 aliphatic carbocycles. The molecule has 0 radical (unpaired) electrons. The zero-order valence-electron chi connectivity index (χ0n) is 13.5. The predicted molar refractivity (Wildman–Crippen MR) is 89.8 cm³/mol. The molecule has 7 heteroatoms. The van der Waals surface area contributed by atoms with Gasteiger partial charge in [-0.15, -0.1) is 0 Å². The van der Waals surface area contributed by atoms with E-state index in [1.54, 1.807) is 19.2 Å². The number of hydrogen-bond acceptors (Lipinski definition) is 4. The highest BCUT2D eigenvalue weighted by atomic mass is 32.2. The SMILES string of the molecule is COc1cccc(C(CNS(=O)(=O)Cc2ccc(F)cc2)OC)c1. The van der Waals surface area contributed by atoms with E-state index in [4.69, 9.17) is 9.47 Å². The van der Waals surface area contributed by atoms with E-state index in [0.29, 0.717) is 11.3 Å². The first-order valence-electron chi connectivity index (χ1n) is 7.32. The quantitative estimate of drug-likeness (QED) is 0.792. The van der Waals surface area contributed by atoms with Crippen LogP contribution in [0.1, 0.15) is 17.2 Å². The van der Waals surface area contributed by atoms with Crippen molar-refractivity contribution in [2.75, 3.05) is 20.8 Å². The summed E-state index contributed by atoms with van der Waals surface area (Å²) in [5, 5.41) is 0. The van der Waals surface area contributed by atoms with Crippen molar-refractivity contribution in [1.82, 2.24) is 4.72 Å². The van der Waals surface area contributed by atoms with Gasteiger partial charge < -0.3 is 9.47 Å². The third kappa shape index (κ3) is 5.30. The van der Waals surface area contributed by atoms with Crippen molar-refractivity contribution >= 4 is 10.0 Å². The molecule has 1 unspecified atom stereocenters. The number of nitrogens with one attached hydrogen (secondary N) is 1. The van der Waals surface area contributed by atoms with Gasteiger partial charge in [-0.25, -0.2) is 17.5 Å². The Balaban J connectivity index is 2.01. The van der Waals surface area contributed by atoms with Gasteiger partial charge in [-0.3, -0.25) is 0 Å². The molecule has 0 fully saturated rings. The Labute approximate surface area is 141 Å². The fraction of sp³-hybridized carbons (Fsp3) is 0.294. The molecule has 0 heterocycles. The Morgan fingerprint density at radius 3 is 2.46 bits per heavy atom. The van der Waals surface area contributed by atoms with Gasteiger partial charge >= 0.3 is 0 Å². The van der Waals surface area contributed by atoms with Crippen LogP contribution in [-0.2, 0) is 20.5 Å². The van der Waals surface area contributed by atoms with Crippen LogP contribution in [-0.4, -0.2) is 29.2 Å². The number of sulfonamides is 1. The van der Waals surface area contributed by atoms with Gasteiger partial charge in [0, 0.05) is 13.7 Å². The Bertz CT molecular complexity index is 762. The van der Waals surface area contributed by atoms with Crippen LogP contribution in [0.4, 0.5) is 4.39 Å². The minimum atomic E-state index is -3.56. The number of methoxy groups -OCH3 is 2. The number of halogens is 1. The maximum absolute atomic E-state index is 12.9. The van der Waals surface area contributed by atoms with Crippen LogP contribution in [0.2, 0.25) is 0 Å². The maximum Gasteiger partial charge on any atom is 0.215 e. The van der Waals surface area contributed by atoms with Crippen molar-refractivity contribution in [3.8, 4) is 5.75 Å². The molecule has 0 spiro atoms. The zero-order valence-corrected chi connectivity index (χ0v) is 14.3. The van der Waals surface area contributed by atoms with Gasteiger partial charge in [0.1, 0.15) is 11.6 Å².